The summed E-state index contributed by atoms with van der Waals surface area (Å²) < 4.78 is 6.46. The van der Waals surface area contributed by atoms with Crippen molar-refractivity contribution in [1.82, 2.24) is 19.9 Å². The molecule has 0 bridgehead atoms. The summed E-state index contributed by atoms with van der Waals surface area (Å²) >= 11 is 7.83. The zero-order chi connectivity index (χ0) is 22.8. The topological polar surface area (TPSA) is 71.5 Å². The van der Waals surface area contributed by atoms with Gasteiger partial charge in [-0.25, -0.2) is 4.98 Å². The van der Waals surface area contributed by atoms with Crippen LogP contribution in [0.15, 0.2) is 42.7 Å². The molecule has 0 spiro atoms. The molecule has 2 aromatic carbocycles. The van der Waals surface area contributed by atoms with Crippen LogP contribution in [0.25, 0.3) is 21.3 Å². The quantitative estimate of drug-likeness (QED) is 0.358. The van der Waals surface area contributed by atoms with Gasteiger partial charge >= 0.3 is 0 Å². The zero-order valence-electron chi connectivity index (χ0n) is 18.7. The van der Waals surface area contributed by atoms with Crippen molar-refractivity contribution in [2.45, 2.75) is 13.3 Å². The lowest BCUT2D eigenvalue weighted by Crippen LogP contribution is -2.39. The predicted molar refractivity (Wildman–Crippen MR) is 140 cm³/mol. The lowest BCUT2D eigenvalue weighted by molar-refractivity contribution is 0.0376. The van der Waals surface area contributed by atoms with Gasteiger partial charge in [0.1, 0.15) is 0 Å². The highest BCUT2D eigenvalue weighted by Crippen LogP contribution is 2.34. The van der Waals surface area contributed by atoms with Crippen molar-refractivity contribution in [2.75, 3.05) is 44.3 Å². The Morgan fingerprint density at radius 3 is 2.71 bits per heavy atom. The molecular formula is C24H25Cl2N5O2S. The van der Waals surface area contributed by atoms with Crippen molar-refractivity contribution in [2.24, 2.45) is 0 Å². The number of aromatic nitrogens is 3. The van der Waals surface area contributed by atoms with Crippen LogP contribution in [-0.2, 0) is 4.74 Å². The molecule has 5 rings (SSSR count). The molecule has 10 heteroatoms. The fourth-order valence-electron chi connectivity index (χ4n) is 4.02. The third-order valence-electron chi connectivity index (χ3n) is 5.89. The molecule has 1 fully saturated rings. The molecule has 0 aliphatic carbocycles. The highest BCUT2D eigenvalue weighted by Gasteiger charge is 2.23. The van der Waals surface area contributed by atoms with Crippen molar-refractivity contribution >= 4 is 67.6 Å². The van der Waals surface area contributed by atoms with Crippen LogP contribution in [0.3, 0.4) is 0 Å². The van der Waals surface area contributed by atoms with Gasteiger partial charge in [0.05, 0.1) is 34.5 Å². The van der Waals surface area contributed by atoms with Crippen LogP contribution in [-0.4, -0.2) is 65.2 Å². The van der Waals surface area contributed by atoms with E-state index in [1.165, 1.54) is 11.3 Å². The lowest BCUT2D eigenvalue weighted by atomic mass is 10.1. The first kappa shape index (κ1) is 24.8. The summed E-state index contributed by atoms with van der Waals surface area (Å²) in [7, 11) is 0. The summed E-state index contributed by atoms with van der Waals surface area (Å²) in [6.45, 7) is 6.82. The van der Waals surface area contributed by atoms with Crippen molar-refractivity contribution in [3.63, 3.8) is 0 Å². The zero-order valence-corrected chi connectivity index (χ0v) is 21.1. The molecule has 34 heavy (non-hydrogen) atoms. The molecule has 1 aliphatic heterocycles. The Balaban J connectivity index is 0.00000274. The highest BCUT2D eigenvalue weighted by atomic mass is 35.5. The van der Waals surface area contributed by atoms with Gasteiger partial charge in [0.25, 0.3) is 5.91 Å². The number of rotatable bonds is 6. The second kappa shape index (κ2) is 10.9. The summed E-state index contributed by atoms with van der Waals surface area (Å²) in [6.07, 6.45) is 4.13. The molecule has 2 aromatic heterocycles. The first-order chi connectivity index (χ1) is 16.1. The Morgan fingerprint density at radius 1 is 1.15 bits per heavy atom. The number of hydrogen-bond acceptors (Lipinski definition) is 7. The smallest absolute Gasteiger partial charge is 0.260 e. The Kier molecular flexibility index (Phi) is 7.95. The molecule has 1 amide bonds. The summed E-state index contributed by atoms with van der Waals surface area (Å²) in [5.74, 6) is -0.0904. The second-order valence-electron chi connectivity index (χ2n) is 8.04. The lowest BCUT2D eigenvalue weighted by Gasteiger charge is -2.27. The fraction of sp³-hybridized carbons (Fsp3) is 0.333. The number of fused-ring (bicyclic) bond motifs is 2. The number of thiazole rings is 1. The van der Waals surface area contributed by atoms with Crippen LogP contribution in [0, 0.1) is 6.92 Å². The third-order valence-corrected chi connectivity index (χ3v) is 7.34. The fourth-order valence-corrected chi connectivity index (χ4v) is 5.22. The van der Waals surface area contributed by atoms with E-state index in [1.54, 1.807) is 23.4 Å². The summed E-state index contributed by atoms with van der Waals surface area (Å²) in [6, 6.07) is 9.30. The van der Waals surface area contributed by atoms with E-state index >= 15 is 0 Å². The van der Waals surface area contributed by atoms with E-state index < -0.39 is 0 Å². The Bertz CT molecular complexity index is 1310. The van der Waals surface area contributed by atoms with Gasteiger partial charge in [0.15, 0.2) is 5.13 Å². The number of carbonyl (C=O) groups is 1. The molecule has 0 unspecified atom stereocenters. The van der Waals surface area contributed by atoms with Gasteiger partial charge in [0.2, 0.25) is 0 Å². The largest absolute Gasteiger partial charge is 0.379 e. The van der Waals surface area contributed by atoms with Crippen molar-refractivity contribution < 1.29 is 9.53 Å². The van der Waals surface area contributed by atoms with Crippen molar-refractivity contribution in [1.29, 1.82) is 0 Å². The molecule has 1 aliphatic rings. The van der Waals surface area contributed by atoms with Crippen LogP contribution in [0.2, 0.25) is 5.02 Å². The third kappa shape index (κ3) is 5.16. The maximum atomic E-state index is 13.7. The number of aryl methyl sites for hydroxylation is 1. The highest BCUT2D eigenvalue weighted by molar-refractivity contribution is 7.22. The molecule has 4 aromatic rings. The number of benzene rings is 2. The SMILES string of the molecule is Cc1c(Cl)ccc2sc(N(CCCN3CCOCC3)C(=O)c3ccc4nccnc4c3)nc12.Cl. The van der Waals surface area contributed by atoms with Gasteiger partial charge in [-0.2, -0.15) is 0 Å². The Hall–Kier alpha value is -2.36. The number of morpholine rings is 1. The second-order valence-corrected chi connectivity index (χ2v) is 9.46. The molecule has 3 heterocycles. The minimum absolute atomic E-state index is 0. The Morgan fingerprint density at radius 2 is 1.91 bits per heavy atom. The van der Waals surface area contributed by atoms with Crippen molar-refractivity contribution in [3.8, 4) is 0 Å². The molecule has 0 N–H and O–H groups in total. The minimum atomic E-state index is -0.0904. The van der Waals surface area contributed by atoms with E-state index in [2.05, 4.69) is 14.9 Å². The minimum Gasteiger partial charge on any atom is -0.379 e. The van der Waals surface area contributed by atoms with Gasteiger partial charge in [0, 0.05) is 49.2 Å². The van der Waals surface area contributed by atoms with Gasteiger partial charge in [-0.05, 0) is 49.2 Å². The van der Waals surface area contributed by atoms with E-state index in [9.17, 15) is 4.79 Å². The van der Waals surface area contributed by atoms with Gasteiger partial charge in [-0.3, -0.25) is 24.6 Å². The van der Waals surface area contributed by atoms with Crippen LogP contribution < -0.4 is 4.90 Å². The average Bonchev–Trinajstić information content (AvgIpc) is 3.29. The van der Waals surface area contributed by atoms with Gasteiger partial charge < -0.3 is 4.74 Å². The molecule has 7 nitrogen and oxygen atoms in total. The molecule has 1 saturated heterocycles. The van der Waals surface area contributed by atoms with Crippen LogP contribution in [0.1, 0.15) is 22.3 Å². The van der Waals surface area contributed by atoms with E-state index in [1.807, 2.05) is 31.2 Å². The number of carbonyl (C=O) groups excluding carboxylic acids is 1. The number of amides is 1. The van der Waals surface area contributed by atoms with E-state index in [0.717, 1.165) is 60.6 Å². The molecule has 0 atom stereocenters. The van der Waals surface area contributed by atoms with Crippen LogP contribution in [0.5, 0.6) is 0 Å². The normalized spacial score (nSPS) is 14.3. The van der Waals surface area contributed by atoms with E-state index in [4.69, 9.17) is 21.3 Å². The predicted octanol–water partition coefficient (Wildman–Crippen LogP) is 4.99. The number of nitrogens with zero attached hydrogens (tertiary/aromatic N) is 5. The number of anilines is 1. The molecule has 0 radical (unpaired) electrons. The summed E-state index contributed by atoms with van der Waals surface area (Å²) in [5.41, 5.74) is 3.81. The first-order valence-electron chi connectivity index (χ1n) is 11.0. The maximum absolute atomic E-state index is 13.7. The van der Waals surface area contributed by atoms with Gasteiger partial charge in [-0.15, -0.1) is 12.4 Å². The monoisotopic (exact) mass is 517 g/mol. The van der Waals surface area contributed by atoms with Crippen molar-refractivity contribution in [3.05, 3.63) is 58.9 Å². The summed E-state index contributed by atoms with van der Waals surface area (Å²) in [4.78, 5) is 31.3. The maximum Gasteiger partial charge on any atom is 0.260 e. The number of hydrogen-bond donors (Lipinski definition) is 0. The standard InChI is InChI=1S/C24H24ClN5O2S.ClH/c1-16-18(25)4-6-21-22(16)28-24(33-21)30(10-2-9-29-11-13-32-14-12-29)23(31)17-3-5-19-20(15-17)27-8-7-26-19;/h3-8,15H,2,9-14H2,1H3;1H. The molecular weight excluding hydrogens is 493 g/mol. The summed E-state index contributed by atoms with van der Waals surface area (Å²) in [5, 5.41) is 1.36. The number of ether oxygens (including phenoxy) is 1. The first-order valence-corrected chi connectivity index (χ1v) is 12.2. The molecule has 0 saturated carbocycles. The van der Waals surface area contributed by atoms with Gasteiger partial charge in [-0.1, -0.05) is 22.9 Å². The average molecular weight is 518 g/mol. The van der Waals surface area contributed by atoms with E-state index in [-0.39, 0.29) is 18.3 Å². The van der Waals surface area contributed by atoms with E-state index in [0.29, 0.717) is 27.8 Å². The molecule has 178 valence electrons. The van der Waals surface area contributed by atoms with Crippen LogP contribution >= 0.6 is 35.3 Å². The van der Waals surface area contributed by atoms with Crippen LogP contribution in [0.4, 0.5) is 5.13 Å². The number of halogens is 2. The Labute approximate surface area is 213 Å².